The Morgan fingerprint density at radius 1 is 0.950 bits per heavy atom. The number of methoxy groups -OCH3 is 1. The first-order valence-corrected chi connectivity index (χ1v) is 14.9. The lowest BCUT2D eigenvalue weighted by molar-refractivity contribution is -0.393. The summed E-state index contributed by atoms with van der Waals surface area (Å²) in [5.74, 6) is 3.28. The third kappa shape index (κ3) is 5.66. The highest BCUT2D eigenvalue weighted by Gasteiger charge is 2.54. The molecule has 40 heavy (non-hydrogen) atoms. The van der Waals surface area contributed by atoms with Crippen molar-refractivity contribution in [3.05, 3.63) is 67.8 Å². The molecular weight excluding hydrogens is 508 g/mol. The van der Waals surface area contributed by atoms with Crippen molar-refractivity contribution in [2.75, 3.05) is 25.5 Å². The normalized spacial score (nSPS) is 26.9. The van der Waals surface area contributed by atoms with Gasteiger partial charge in [0.15, 0.2) is 0 Å². The predicted molar refractivity (Wildman–Crippen MR) is 156 cm³/mol. The average molecular weight is 551 g/mol. The summed E-state index contributed by atoms with van der Waals surface area (Å²) in [6.07, 6.45) is 11.8. The van der Waals surface area contributed by atoms with E-state index in [1.54, 1.807) is 12.7 Å². The number of aryl methyl sites for hydroxylation is 1. The van der Waals surface area contributed by atoms with Crippen LogP contribution in [0.1, 0.15) is 81.8 Å². The number of non-ortho nitro benzene ring substituents is 1. The van der Waals surface area contributed by atoms with Crippen molar-refractivity contribution in [3.63, 3.8) is 0 Å². The Morgan fingerprint density at radius 3 is 2.50 bits per heavy atom. The van der Waals surface area contributed by atoms with Crippen LogP contribution in [-0.4, -0.2) is 36.1 Å². The number of rotatable bonds is 12. The molecule has 2 N–H and O–H groups in total. The van der Waals surface area contributed by atoms with Gasteiger partial charge in [-0.05, 0) is 110 Å². The number of nitro groups is 2. The van der Waals surface area contributed by atoms with Gasteiger partial charge in [-0.3, -0.25) is 20.2 Å². The minimum Gasteiger partial charge on any atom is -0.497 e. The second kappa shape index (κ2) is 12.1. The number of unbranched alkanes of at least 4 members (excludes halogenated alkanes) is 3. The fraction of sp³-hybridized carbons (Fsp3) is 0.613. The van der Waals surface area contributed by atoms with Gasteiger partial charge in [-0.25, -0.2) is 0 Å². The van der Waals surface area contributed by atoms with Gasteiger partial charge in [0.05, 0.1) is 23.0 Å². The topological polar surface area (TPSA) is 120 Å². The number of ether oxygens (including phenoxy) is 1. The van der Waals surface area contributed by atoms with Crippen molar-refractivity contribution in [2.45, 2.75) is 83.1 Å². The zero-order chi connectivity index (χ0) is 28.3. The van der Waals surface area contributed by atoms with Crippen LogP contribution in [0, 0.1) is 37.5 Å². The van der Waals surface area contributed by atoms with Crippen LogP contribution in [0.5, 0.6) is 5.75 Å². The molecule has 0 aromatic heterocycles. The molecule has 9 heteroatoms. The molecule has 0 radical (unpaired) electrons. The van der Waals surface area contributed by atoms with Crippen LogP contribution in [0.4, 0.5) is 17.1 Å². The second-order valence-electron chi connectivity index (χ2n) is 12.2. The van der Waals surface area contributed by atoms with E-state index < -0.39 is 9.85 Å². The minimum absolute atomic E-state index is 0.256. The van der Waals surface area contributed by atoms with Crippen molar-refractivity contribution >= 4 is 17.1 Å². The van der Waals surface area contributed by atoms with Crippen LogP contribution in [0.25, 0.3) is 0 Å². The van der Waals surface area contributed by atoms with E-state index in [4.69, 9.17) is 4.74 Å². The summed E-state index contributed by atoms with van der Waals surface area (Å²) in [6.45, 7) is 4.18. The van der Waals surface area contributed by atoms with E-state index in [2.05, 4.69) is 35.8 Å². The van der Waals surface area contributed by atoms with E-state index in [0.717, 1.165) is 55.9 Å². The van der Waals surface area contributed by atoms with Crippen LogP contribution in [0.15, 0.2) is 36.4 Å². The van der Waals surface area contributed by atoms with E-state index in [0.29, 0.717) is 29.6 Å². The molecule has 0 aliphatic heterocycles. The predicted octanol–water partition coefficient (Wildman–Crippen LogP) is 7.00. The van der Waals surface area contributed by atoms with Crippen molar-refractivity contribution in [1.29, 1.82) is 0 Å². The number of benzene rings is 2. The van der Waals surface area contributed by atoms with Gasteiger partial charge in [0, 0.05) is 18.7 Å². The summed E-state index contributed by atoms with van der Waals surface area (Å²) in [5.41, 5.74) is 3.26. The Bertz CT molecular complexity index is 1240. The monoisotopic (exact) mass is 550 g/mol. The highest BCUT2D eigenvalue weighted by molar-refractivity contribution is 5.65. The Labute approximate surface area is 236 Å². The van der Waals surface area contributed by atoms with Gasteiger partial charge in [0.2, 0.25) is 0 Å². The van der Waals surface area contributed by atoms with Crippen molar-refractivity contribution in [1.82, 2.24) is 5.32 Å². The summed E-state index contributed by atoms with van der Waals surface area (Å²) in [7, 11) is 1.75. The molecule has 216 valence electrons. The first-order chi connectivity index (χ1) is 19.3. The molecular formula is C31H42N4O5. The number of nitro benzene ring substituents is 2. The second-order valence-corrected chi connectivity index (χ2v) is 12.2. The Hall–Kier alpha value is -3.20. The first kappa shape index (κ1) is 28.3. The molecule has 0 bridgehead atoms. The molecule has 2 fully saturated rings. The average Bonchev–Trinajstić information content (AvgIpc) is 3.29. The van der Waals surface area contributed by atoms with Crippen LogP contribution < -0.4 is 15.4 Å². The standard InChI is InChI=1S/C31H42N4O5/c1-31-16-15-25-24-11-9-23(40-2)19-21(24)7-10-26(25)27(31)12-14-30(31)33-18-6-4-3-5-17-32-28-13-8-22(34(36)37)20-29(28)35(38)39/h8-9,11,13,19-20,25-27,30,32-33H,3-7,10,12,14-18H2,1-2H3/t25?,26?,27?,30-,31-/m0/s1. The highest BCUT2D eigenvalue weighted by Crippen LogP contribution is 2.61. The molecule has 2 aromatic carbocycles. The SMILES string of the molecule is COc1ccc2c(c1)CCC1C2CC[C@@]2(C)C1CC[C@@H]2NCCCCCCNc1ccc([N+](=O)[O-])cc1[N+](=O)[O-]. The summed E-state index contributed by atoms with van der Waals surface area (Å²) < 4.78 is 5.48. The molecule has 5 rings (SSSR count). The largest absolute Gasteiger partial charge is 0.497 e. The van der Waals surface area contributed by atoms with Gasteiger partial charge < -0.3 is 15.4 Å². The third-order valence-electron chi connectivity index (χ3n) is 10.1. The zero-order valence-electron chi connectivity index (χ0n) is 23.7. The third-order valence-corrected chi connectivity index (χ3v) is 10.1. The van der Waals surface area contributed by atoms with Gasteiger partial charge >= 0.3 is 0 Å². The van der Waals surface area contributed by atoms with Gasteiger partial charge in [0.1, 0.15) is 11.4 Å². The molecule has 0 amide bonds. The number of anilines is 1. The van der Waals surface area contributed by atoms with Crippen molar-refractivity contribution in [2.24, 2.45) is 17.3 Å². The molecule has 9 nitrogen and oxygen atoms in total. The lowest BCUT2D eigenvalue weighted by atomic mass is 9.55. The maximum Gasteiger partial charge on any atom is 0.299 e. The van der Waals surface area contributed by atoms with E-state index in [9.17, 15) is 20.2 Å². The Balaban J connectivity index is 1.04. The lowest BCUT2D eigenvalue weighted by Crippen LogP contribution is -2.48. The highest BCUT2D eigenvalue weighted by atomic mass is 16.6. The van der Waals surface area contributed by atoms with Crippen molar-refractivity contribution in [3.8, 4) is 5.75 Å². The molecule has 0 spiro atoms. The number of nitrogens with zero attached hydrogens (tertiary/aromatic N) is 2. The van der Waals surface area contributed by atoms with E-state index in [-0.39, 0.29) is 11.4 Å². The van der Waals surface area contributed by atoms with Gasteiger partial charge in [0.25, 0.3) is 11.4 Å². The molecule has 3 aliphatic rings. The van der Waals surface area contributed by atoms with Crippen LogP contribution in [-0.2, 0) is 6.42 Å². The molecule has 3 aliphatic carbocycles. The quantitative estimate of drug-likeness (QED) is 0.166. The van der Waals surface area contributed by atoms with Gasteiger partial charge in [-0.15, -0.1) is 0 Å². The Kier molecular flexibility index (Phi) is 8.59. The summed E-state index contributed by atoms with van der Waals surface area (Å²) in [4.78, 5) is 21.0. The smallest absolute Gasteiger partial charge is 0.299 e. The minimum atomic E-state index is -0.616. The number of fused-ring (bicyclic) bond motifs is 5. The van der Waals surface area contributed by atoms with Gasteiger partial charge in [-0.1, -0.05) is 25.8 Å². The Morgan fingerprint density at radius 2 is 1.75 bits per heavy atom. The maximum absolute atomic E-state index is 11.3. The van der Waals surface area contributed by atoms with Gasteiger partial charge in [-0.2, -0.15) is 0 Å². The van der Waals surface area contributed by atoms with Crippen LogP contribution in [0.2, 0.25) is 0 Å². The molecule has 2 aromatic rings. The molecule has 2 saturated carbocycles. The fourth-order valence-electron chi connectivity index (χ4n) is 8.06. The molecule has 0 saturated heterocycles. The van der Waals surface area contributed by atoms with Crippen LogP contribution >= 0.6 is 0 Å². The fourth-order valence-corrected chi connectivity index (χ4v) is 8.06. The number of hydrogen-bond donors (Lipinski definition) is 2. The van der Waals surface area contributed by atoms with Crippen LogP contribution in [0.3, 0.4) is 0 Å². The molecule has 0 heterocycles. The van der Waals surface area contributed by atoms with Crippen molar-refractivity contribution < 1.29 is 14.6 Å². The van der Waals surface area contributed by atoms with E-state index >= 15 is 0 Å². The first-order valence-electron chi connectivity index (χ1n) is 14.9. The number of hydrogen-bond acceptors (Lipinski definition) is 7. The van der Waals surface area contributed by atoms with E-state index in [1.807, 2.05) is 0 Å². The lowest BCUT2D eigenvalue weighted by Gasteiger charge is -2.51. The molecule has 5 atom stereocenters. The van der Waals surface area contributed by atoms with E-state index in [1.165, 1.54) is 56.2 Å². The summed E-state index contributed by atoms with van der Waals surface area (Å²) >= 11 is 0. The number of nitrogens with one attached hydrogen (secondary N) is 2. The zero-order valence-corrected chi connectivity index (χ0v) is 23.7. The maximum atomic E-state index is 11.3. The summed E-state index contributed by atoms with van der Waals surface area (Å²) in [6, 6.07) is 11.1. The molecule has 3 unspecified atom stereocenters. The summed E-state index contributed by atoms with van der Waals surface area (Å²) in [5, 5.41) is 29.2.